The second kappa shape index (κ2) is 7.70. The van der Waals surface area contributed by atoms with Gasteiger partial charge in [-0.25, -0.2) is 4.79 Å². The minimum absolute atomic E-state index is 0.0770. The Balaban J connectivity index is 1.75. The smallest absolute Gasteiger partial charge is 0.314 e. The molecule has 0 atom stereocenters. The number of amides is 2. The molecule has 22 heavy (non-hydrogen) atoms. The van der Waals surface area contributed by atoms with Crippen LogP contribution in [0.3, 0.4) is 0 Å². The fourth-order valence-corrected chi connectivity index (χ4v) is 2.44. The van der Waals surface area contributed by atoms with E-state index in [1.807, 2.05) is 19.1 Å². The number of nitrogens with one attached hydrogen (secondary N) is 2. The van der Waals surface area contributed by atoms with Crippen molar-refractivity contribution in [3.8, 4) is 5.75 Å². The molecule has 0 saturated heterocycles. The molecule has 122 valence electrons. The van der Waals surface area contributed by atoms with Crippen LogP contribution in [0.25, 0.3) is 0 Å². The summed E-state index contributed by atoms with van der Waals surface area (Å²) in [6.07, 6.45) is 2.60. The summed E-state index contributed by atoms with van der Waals surface area (Å²) >= 11 is 6.00. The average Bonchev–Trinajstić information content (AvgIpc) is 3.29. The van der Waals surface area contributed by atoms with Crippen LogP contribution >= 0.6 is 11.6 Å². The van der Waals surface area contributed by atoms with E-state index in [0.717, 1.165) is 24.2 Å². The molecule has 6 heteroatoms. The van der Waals surface area contributed by atoms with E-state index in [1.165, 1.54) is 0 Å². The van der Waals surface area contributed by atoms with Crippen molar-refractivity contribution in [1.29, 1.82) is 0 Å². The molecule has 0 unspecified atom stereocenters. The number of rotatable bonds is 8. The summed E-state index contributed by atoms with van der Waals surface area (Å²) in [6, 6.07) is 5.29. The topological polar surface area (TPSA) is 70.6 Å². The van der Waals surface area contributed by atoms with Crippen molar-refractivity contribution in [1.82, 2.24) is 10.6 Å². The van der Waals surface area contributed by atoms with E-state index in [4.69, 9.17) is 16.3 Å². The molecular formula is C16H23ClN2O3. The monoisotopic (exact) mass is 326 g/mol. The zero-order valence-electron chi connectivity index (χ0n) is 12.8. The van der Waals surface area contributed by atoms with Crippen molar-refractivity contribution in [2.45, 2.75) is 26.2 Å². The van der Waals surface area contributed by atoms with E-state index in [0.29, 0.717) is 31.1 Å². The van der Waals surface area contributed by atoms with Gasteiger partial charge in [0.2, 0.25) is 0 Å². The second-order valence-corrected chi connectivity index (χ2v) is 6.14. The molecule has 1 aliphatic rings. The van der Waals surface area contributed by atoms with Crippen molar-refractivity contribution in [3.05, 3.63) is 28.8 Å². The minimum atomic E-state index is -0.209. The summed E-state index contributed by atoms with van der Waals surface area (Å²) < 4.78 is 5.55. The molecule has 0 spiro atoms. The maximum Gasteiger partial charge on any atom is 0.314 e. The Morgan fingerprint density at radius 3 is 2.82 bits per heavy atom. The Hall–Kier alpha value is -1.46. The molecule has 1 fully saturated rings. The molecule has 1 aromatic rings. The van der Waals surface area contributed by atoms with Gasteiger partial charge in [0, 0.05) is 23.5 Å². The molecule has 3 N–H and O–H groups in total. The summed E-state index contributed by atoms with van der Waals surface area (Å²) in [7, 11) is 0. The van der Waals surface area contributed by atoms with Gasteiger partial charge < -0.3 is 20.5 Å². The molecular weight excluding hydrogens is 304 g/mol. The van der Waals surface area contributed by atoms with E-state index in [9.17, 15) is 9.90 Å². The molecule has 0 bridgehead atoms. The maximum atomic E-state index is 11.7. The molecule has 0 heterocycles. The zero-order chi connectivity index (χ0) is 16.0. The van der Waals surface area contributed by atoms with E-state index >= 15 is 0 Å². The first kappa shape index (κ1) is 16.9. The van der Waals surface area contributed by atoms with Gasteiger partial charge in [0.15, 0.2) is 0 Å². The van der Waals surface area contributed by atoms with Crippen molar-refractivity contribution < 1.29 is 14.6 Å². The number of carbonyl (C=O) groups excluding carboxylic acids is 1. The molecule has 5 nitrogen and oxygen atoms in total. The van der Waals surface area contributed by atoms with Gasteiger partial charge in [-0.2, -0.15) is 0 Å². The van der Waals surface area contributed by atoms with Crippen molar-refractivity contribution in [2.24, 2.45) is 5.41 Å². The zero-order valence-corrected chi connectivity index (χ0v) is 13.6. The number of urea groups is 1. The first-order valence-electron chi connectivity index (χ1n) is 7.62. The lowest BCUT2D eigenvalue weighted by atomic mass is 10.1. The predicted molar refractivity (Wildman–Crippen MR) is 86.5 cm³/mol. The number of hydrogen-bond donors (Lipinski definition) is 3. The largest absolute Gasteiger partial charge is 0.494 e. The second-order valence-electron chi connectivity index (χ2n) is 5.70. The number of halogens is 1. The van der Waals surface area contributed by atoms with Gasteiger partial charge in [-0.15, -0.1) is 0 Å². The predicted octanol–water partition coefficient (Wildman–Crippen LogP) is 2.35. The van der Waals surface area contributed by atoms with E-state index < -0.39 is 0 Å². The summed E-state index contributed by atoms with van der Waals surface area (Å²) in [6.45, 7) is 3.67. The van der Waals surface area contributed by atoms with Gasteiger partial charge in [-0.3, -0.25) is 0 Å². The normalized spacial score (nSPS) is 15.2. The Kier molecular flexibility index (Phi) is 5.91. The van der Waals surface area contributed by atoms with Crippen LogP contribution < -0.4 is 15.4 Å². The van der Waals surface area contributed by atoms with Gasteiger partial charge >= 0.3 is 6.03 Å². The molecule has 0 radical (unpaired) electrons. The van der Waals surface area contributed by atoms with Crippen LogP contribution in [0, 0.1) is 5.41 Å². The Morgan fingerprint density at radius 2 is 2.18 bits per heavy atom. The molecule has 0 aromatic heterocycles. The lowest BCUT2D eigenvalue weighted by molar-refractivity contribution is 0.203. The molecule has 1 aromatic carbocycles. The highest BCUT2D eigenvalue weighted by molar-refractivity contribution is 6.30. The van der Waals surface area contributed by atoms with Crippen LogP contribution in [0.15, 0.2) is 18.2 Å². The number of aliphatic hydroxyl groups excluding tert-OH is 1. The van der Waals surface area contributed by atoms with Gasteiger partial charge in [0.25, 0.3) is 0 Å². The number of aliphatic hydroxyl groups is 1. The number of hydrogen-bond acceptors (Lipinski definition) is 3. The van der Waals surface area contributed by atoms with Crippen LogP contribution in [-0.2, 0) is 6.42 Å². The number of carbonyl (C=O) groups is 1. The van der Waals surface area contributed by atoms with Gasteiger partial charge in [-0.1, -0.05) is 11.6 Å². The Morgan fingerprint density at radius 1 is 1.41 bits per heavy atom. The number of ether oxygens (including phenoxy) is 1. The standard InChI is InChI=1S/C16H23ClN2O3/c1-2-22-14-4-3-13(17)9-12(14)5-8-18-15(21)19-10-16(11-20)6-7-16/h3-4,9,20H,2,5-8,10-11H2,1H3,(H2,18,19,21). The van der Waals surface area contributed by atoms with Crippen LogP contribution in [0.1, 0.15) is 25.3 Å². The SMILES string of the molecule is CCOc1ccc(Cl)cc1CCNC(=O)NCC1(CO)CC1. The van der Waals surface area contributed by atoms with E-state index in [1.54, 1.807) is 6.07 Å². The lowest BCUT2D eigenvalue weighted by Crippen LogP contribution is -2.40. The number of benzene rings is 1. The third-order valence-electron chi connectivity index (χ3n) is 3.92. The average molecular weight is 327 g/mol. The van der Waals surface area contributed by atoms with Crippen molar-refractivity contribution in [3.63, 3.8) is 0 Å². The van der Waals surface area contributed by atoms with Crippen LogP contribution in [0.4, 0.5) is 4.79 Å². The lowest BCUT2D eigenvalue weighted by Gasteiger charge is -2.14. The summed E-state index contributed by atoms with van der Waals surface area (Å²) in [5.41, 5.74) is 0.899. The first-order valence-corrected chi connectivity index (χ1v) is 8.00. The highest BCUT2D eigenvalue weighted by Gasteiger charge is 2.42. The fourth-order valence-electron chi connectivity index (χ4n) is 2.25. The molecule has 1 saturated carbocycles. The van der Waals surface area contributed by atoms with Crippen molar-refractivity contribution >= 4 is 17.6 Å². The first-order chi connectivity index (χ1) is 10.6. The molecule has 2 amide bonds. The Bertz CT molecular complexity index is 518. The summed E-state index contributed by atoms with van der Waals surface area (Å²) in [5.74, 6) is 0.798. The summed E-state index contributed by atoms with van der Waals surface area (Å²) in [4.78, 5) is 11.7. The van der Waals surface area contributed by atoms with E-state index in [-0.39, 0.29) is 18.1 Å². The summed E-state index contributed by atoms with van der Waals surface area (Å²) in [5, 5.41) is 15.5. The van der Waals surface area contributed by atoms with Crippen LogP contribution in [0.5, 0.6) is 5.75 Å². The van der Waals surface area contributed by atoms with E-state index in [2.05, 4.69) is 10.6 Å². The fraction of sp³-hybridized carbons (Fsp3) is 0.562. The Labute approximate surface area is 136 Å². The van der Waals surface area contributed by atoms with Gasteiger partial charge in [0.1, 0.15) is 5.75 Å². The molecule has 0 aliphatic heterocycles. The third kappa shape index (κ3) is 4.78. The highest BCUT2D eigenvalue weighted by Crippen LogP contribution is 2.44. The maximum absolute atomic E-state index is 11.7. The molecule has 1 aliphatic carbocycles. The minimum Gasteiger partial charge on any atom is -0.494 e. The van der Waals surface area contributed by atoms with Gasteiger partial charge in [-0.05, 0) is 49.9 Å². The highest BCUT2D eigenvalue weighted by atomic mass is 35.5. The van der Waals surface area contributed by atoms with Crippen molar-refractivity contribution in [2.75, 3.05) is 26.3 Å². The van der Waals surface area contributed by atoms with Crippen LogP contribution in [-0.4, -0.2) is 37.4 Å². The van der Waals surface area contributed by atoms with Crippen LogP contribution in [0.2, 0.25) is 5.02 Å². The third-order valence-corrected chi connectivity index (χ3v) is 4.15. The molecule has 2 rings (SSSR count). The quantitative estimate of drug-likeness (QED) is 0.687. The van der Waals surface area contributed by atoms with Gasteiger partial charge in [0.05, 0.1) is 13.2 Å².